The molecule has 0 fully saturated rings. The fourth-order valence-corrected chi connectivity index (χ4v) is 1.03. The minimum Gasteiger partial charge on any atom is -0.312 e. The van der Waals surface area contributed by atoms with E-state index in [2.05, 4.69) is 4.85 Å². The van der Waals surface area contributed by atoms with E-state index in [0.717, 1.165) is 16.1 Å². The van der Waals surface area contributed by atoms with Crippen LogP contribution in [0.15, 0.2) is 18.2 Å². The van der Waals surface area contributed by atoms with Crippen molar-refractivity contribution in [1.82, 2.24) is 0 Å². The highest BCUT2D eigenvalue weighted by Gasteiger charge is 1.98. The van der Waals surface area contributed by atoms with Gasteiger partial charge in [0.1, 0.15) is 0 Å². The Labute approximate surface area is 71.4 Å². The Kier molecular flexibility index (Phi) is 2.51. The molecule has 1 rings (SSSR count). The summed E-state index contributed by atoms with van der Waals surface area (Å²) < 4.78 is 0. The summed E-state index contributed by atoms with van der Waals surface area (Å²) in [6.07, 6.45) is 0. The predicted molar refractivity (Wildman–Crippen MR) is 46.5 cm³/mol. The number of halogens is 1. The molecule has 56 valence electrons. The molecule has 0 aliphatic heterocycles. The van der Waals surface area contributed by atoms with Gasteiger partial charge >= 0.3 is 0 Å². The van der Waals surface area contributed by atoms with Crippen LogP contribution in [0.1, 0.15) is 11.1 Å². The van der Waals surface area contributed by atoms with Crippen LogP contribution in [0.25, 0.3) is 4.85 Å². The Morgan fingerprint density at radius 2 is 2.27 bits per heavy atom. The van der Waals surface area contributed by atoms with Gasteiger partial charge in [-0.2, -0.15) is 0 Å². The van der Waals surface area contributed by atoms with Crippen LogP contribution in [0.3, 0.4) is 0 Å². The van der Waals surface area contributed by atoms with Crippen molar-refractivity contribution >= 4 is 11.6 Å². The summed E-state index contributed by atoms with van der Waals surface area (Å²) in [5, 5.41) is 0.742. The summed E-state index contributed by atoms with van der Waals surface area (Å²) in [5.74, 6) is 0. The Balaban J connectivity index is 2.98. The standard InChI is InChI=1S/C9H8ClN/c1-7-3-4-8(6-11-2)5-9(7)10/h3-5H,6H2,1H3. The zero-order valence-electron chi connectivity index (χ0n) is 6.26. The van der Waals surface area contributed by atoms with Crippen LogP contribution in [0.5, 0.6) is 0 Å². The van der Waals surface area contributed by atoms with Crippen molar-refractivity contribution in [3.8, 4) is 0 Å². The zero-order valence-corrected chi connectivity index (χ0v) is 7.02. The molecular weight excluding hydrogens is 158 g/mol. The van der Waals surface area contributed by atoms with Crippen molar-refractivity contribution in [1.29, 1.82) is 0 Å². The molecule has 1 nitrogen and oxygen atoms in total. The molecule has 0 aliphatic rings. The van der Waals surface area contributed by atoms with Gasteiger partial charge in [0.15, 0.2) is 0 Å². The minimum absolute atomic E-state index is 0.417. The molecule has 0 N–H and O–H groups in total. The number of hydrogen-bond acceptors (Lipinski definition) is 0. The van der Waals surface area contributed by atoms with Crippen LogP contribution in [-0.4, -0.2) is 0 Å². The van der Waals surface area contributed by atoms with Gasteiger partial charge in [-0.05, 0) is 18.6 Å². The van der Waals surface area contributed by atoms with Crippen molar-refractivity contribution in [2.75, 3.05) is 0 Å². The van der Waals surface area contributed by atoms with Gasteiger partial charge in [0.25, 0.3) is 0 Å². The SMILES string of the molecule is [C-]#[N+]Cc1ccc(C)c(Cl)c1. The number of hydrogen-bond donors (Lipinski definition) is 0. The first-order valence-electron chi connectivity index (χ1n) is 3.32. The van der Waals surface area contributed by atoms with E-state index in [1.54, 1.807) is 0 Å². The largest absolute Gasteiger partial charge is 0.312 e. The van der Waals surface area contributed by atoms with E-state index in [-0.39, 0.29) is 0 Å². The van der Waals surface area contributed by atoms with Crippen LogP contribution < -0.4 is 0 Å². The second-order valence-corrected chi connectivity index (χ2v) is 2.81. The summed E-state index contributed by atoms with van der Waals surface area (Å²) >= 11 is 5.85. The van der Waals surface area contributed by atoms with Crippen LogP contribution in [-0.2, 0) is 6.54 Å². The molecule has 1 aromatic rings. The molecule has 11 heavy (non-hydrogen) atoms. The molecule has 0 heterocycles. The van der Waals surface area contributed by atoms with E-state index in [0.29, 0.717) is 6.54 Å². The Bertz CT molecular complexity index is 299. The molecular formula is C9H8ClN. The highest BCUT2D eigenvalue weighted by molar-refractivity contribution is 6.31. The van der Waals surface area contributed by atoms with Gasteiger partial charge in [0.2, 0.25) is 6.54 Å². The van der Waals surface area contributed by atoms with Gasteiger partial charge in [-0.15, -0.1) is 0 Å². The lowest BCUT2D eigenvalue weighted by atomic mass is 10.1. The number of nitrogens with zero attached hydrogens (tertiary/aromatic N) is 1. The van der Waals surface area contributed by atoms with Crippen molar-refractivity contribution in [3.05, 3.63) is 45.8 Å². The molecule has 0 saturated heterocycles. The lowest BCUT2D eigenvalue weighted by molar-refractivity contribution is 1.25. The number of benzene rings is 1. The average Bonchev–Trinajstić information content (AvgIpc) is 1.98. The van der Waals surface area contributed by atoms with Gasteiger partial charge in [-0.25, -0.2) is 6.57 Å². The lowest BCUT2D eigenvalue weighted by Crippen LogP contribution is -1.81. The lowest BCUT2D eigenvalue weighted by Gasteiger charge is -1.96. The maximum absolute atomic E-state index is 6.65. The average molecular weight is 166 g/mol. The van der Waals surface area contributed by atoms with Crippen LogP contribution >= 0.6 is 11.6 Å². The number of aryl methyl sites for hydroxylation is 1. The topological polar surface area (TPSA) is 4.36 Å². The smallest absolute Gasteiger partial charge is 0.239 e. The molecule has 0 unspecified atom stereocenters. The molecule has 2 heteroatoms. The molecule has 0 bridgehead atoms. The van der Waals surface area contributed by atoms with Crippen LogP contribution in [0.4, 0.5) is 0 Å². The first kappa shape index (κ1) is 8.10. The Morgan fingerprint density at radius 1 is 1.55 bits per heavy atom. The fraction of sp³-hybridized carbons (Fsp3) is 0.222. The molecule has 1 aromatic carbocycles. The van der Waals surface area contributed by atoms with E-state index in [1.165, 1.54) is 0 Å². The molecule has 0 amide bonds. The molecule has 0 atom stereocenters. The molecule has 0 aliphatic carbocycles. The first-order chi connectivity index (χ1) is 5.24. The molecule has 0 saturated carbocycles. The van der Waals surface area contributed by atoms with Gasteiger partial charge < -0.3 is 4.85 Å². The van der Waals surface area contributed by atoms with Gasteiger partial charge in [0, 0.05) is 10.6 Å². The van der Waals surface area contributed by atoms with Gasteiger partial charge in [-0.3, -0.25) is 0 Å². The minimum atomic E-state index is 0.417. The fourth-order valence-electron chi connectivity index (χ4n) is 0.826. The third kappa shape index (κ3) is 1.96. The zero-order chi connectivity index (χ0) is 8.27. The van der Waals surface area contributed by atoms with Gasteiger partial charge in [-0.1, -0.05) is 23.7 Å². The predicted octanol–water partition coefficient (Wildman–Crippen LogP) is 3.07. The third-order valence-electron chi connectivity index (χ3n) is 1.50. The molecule has 0 radical (unpaired) electrons. The molecule has 0 aromatic heterocycles. The highest BCUT2D eigenvalue weighted by atomic mass is 35.5. The highest BCUT2D eigenvalue weighted by Crippen LogP contribution is 2.16. The quantitative estimate of drug-likeness (QED) is 0.564. The van der Waals surface area contributed by atoms with Crippen molar-refractivity contribution in [3.63, 3.8) is 0 Å². The number of rotatable bonds is 1. The Morgan fingerprint density at radius 3 is 2.82 bits per heavy atom. The maximum Gasteiger partial charge on any atom is 0.239 e. The van der Waals surface area contributed by atoms with E-state index >= 15 is 0 Å². The summed E-state index contributed by atoms with van der Waals surface area (Å²) in [6, 6.07) is 5.71. The van der Waals surface area contributed by atoms with E-state index in [1.807, 2.05) is 25.1 Å². The van der Waals surface area contributed by atoms with Crippen molar-refractivity contribution in [2.24, 2.45) is 0 Å². The summed E-state index contributed by atoms with van der Waals surface area (Å²) in [5.41, 5.74) is 2.04. The van der Waals surface area contributed by atoms with E-state index < -0.39 is 0 Å². The van der Waals surface area contributed by atoms with Crippen molar-refractivity contribution < 1.29 is 0 Å². The summed E-state index contributed by atoms with van der Waals surface area (Å²) in [6.45, 7) is 9.01. The molecule has 0 spiro atoms. The van der Waals surface area contributed by atoms with Gasteiger partial charge in [0.05, 0.1) is 0 Å². The second kappa shape index (κ2) is 3.41. The summed E-state index contributed by atoms with van der Waals surface area (Å²) in [7, 11) is 0. The van der Waals surface area contributed by atoms with E-state index in [9.17, 15) is 0 Å². The maximum atomic E-state index is 6.65. The monoisotopic (exact) mass is 165 g/mol. The van der Waals surface area contributed by atoms with Crippen molar-refractivity contribution in [2.45, 2.75) is 13.5 Å². The summed E-state index contributed by atoms with van der Waals surface area (Å²) in [4.78, 5) is 3.27. The van der Waals surface area contributed by atoms with Crippen LogP contribution in [0, 0.1) is 13.5 Å². The third-order valence-corrected chi connectivity index (χ3v) is 1.91. The van der Waals surface area contributed by atoms with Crippen LogP contribution in [0.2, 0.25) is 5.02 Å². The second-order valence-electron chi connectivity index (χ2n) is 2.40. The normalized spacial score (nSPS) is 9.18. The van der Waals surface area contributed by atoms with E-state index in [4.69, 9.17) is 18.2 Å². The Hall–Kier alpha value is -1.00. The first-order valence-corrected chi connectivity index (χ1v) is 3.70.